The maximum absolute atomic E-state index is 9.18. The molecular formula is C18H23N3O2. The Hall–Kier alpha value is -1.98. The van der Waals surface area contributed by atoms with E-state index in [0.717, 1.165) is 38.0 Å². The summed E-state index contributed by atoms with van der Waals surface area (Å²) in [6, 6.07) is 8.60. The van der Waals surface area contributed by atoms with E-state index in [4.69, 9.17) is 4.74 Å². The minimum Gasteiger partial charge on any atom is -0.438 e. The minimum atomic E-state index is 0.333. The zero-order chi connectivity index (χ0) is 15.9. The van der Waals surface area contributed by atoms with Gasteiger partial charge in [0.25, 0.3) is 0 Å². The van der Waals surface area contributed by atoms with Crippen molar-refractivity contribution in [2.75, 3.05) is 6.61 Å². The van der Waals surface area contributed by atoms with Gasteiger partial charge in [-0.1, -0.05) is 12.1 Å². The number of aliphatic hydroxyl groups excluding tert-OH is 1. The summed E-state index contributed by atoms with van der Waals surface area (Å²) in [5.74, 6) is 1.77. The fourth-order valence-electron chi connectivity index (χ4n) is 2.95. The molecule has 1 fully saturated rings. The Bertz CT molecular complexity index is 581. The Morgan fingerprint density at radius 2 is 1.87 bits per heavy atom. The largest absolute Gasteiger partial charge is 0.438 e. The standard InChI is InChI=1S/C18H23N3O2/c22-13-15-1-5-16(6-2-15)21-11-14-3-7-17(8-4-14)23-18-12-19-9-10-20-18/h3-4,7-10,12,15-16,21-22H,1-2,5-6,11,13H2. The maximum Gasteiger partial charge on any atom is 0.237 e. The van der Waals surface area contributed by atoms with Crippen LogP contribution in [0.15, 0.2) is 42.9 Å². The van der Waals surface area contributed by atoms with Gasteiger partial charge in [-0.05, 0) is 49.3 Å². The van der Waals surface area contributed by atoms with Crippen LogP contribution >= 0.6 is 0 Å². The summed E-state index contributed by atoms with van der Waals surface area (Å²) in [5.41, 5.74) is 1.24. The van der Waals surface area contributed by atoms with Gasteiger partial charge in [0.15, 0.2) is 0 Å². The third kappa shape index (κ3) is 4.74. The summed E-state index contributed by atoms with van der Waals surface area (Å²) in [6.07, 6.45) is 9.38. The predicted octanol–water partition coefficient (Wildman–Crippen LogP) is 2.91. The number of aromatic nitrogens is 2. The molecule has 0 unspecified atom stereocenters. The molecule has 1 aliphatic carbocycles. The lowest BCUT2D eigenvalue weighted by atomic mass is 9.86. The van der Waals surface area contributed by atoms with E-state index in [0.29, 0.717) is 24.4 Å². The van der Waals surface area contributed by atoms with Gasteiger partial charge in [0.1, 0.15) is 5.75 Å². The lowest BCUT2D eigenvalue weighted by Crippen LogP contribution is -2.33. The fraction of sp³-hybridized carbons (Fsp3) is 0.444. The van der Waals surface area contributed by atoms with Crippen molar-refractivity contribution >= 4 is 0 Å². The lowest BCUT2D eigenvalue weighted by molar-refractivity contribution is 0.175. The highest BCUT2D eigenvalue weighted by Gasteiger charge is 2.19. The van der Waals surface area contributed by atoms with E-state index in [1.807, 2.05) is 12.1 Å². The topological polar surface area (TPSA) is 67.3 Å². The summed E-state index contributed by atoms with van der Waals surface area (Å²) in [6.45, 7) is 1.19. The predicted molar refractivity (Wildman–Crippen MR) is 88.2 cm³/mol. The van der Waals surface area contributed by atoms with Crippen molar-refractivity contribution in [3.8, 4) is 11.6 Å². The Morgan fingerprint density at radius 1 is 1.09 bits per heavy atom. The third-order valence-electron chi connectivity index (χ3n) is 4.39. The van der Waals surface area contributed by atoms with Gasteiger partial charge in [0.2, 0.25) is 5.88 Å². The second-order valence-electron chi connectivity index (χ2n) is 6.07. The van der Waals surface area contributed by atoms with Gasteiger partial charge in [0.05, 0.1) is 6.20 Å². The van der Waals surface area contributed by atoms with E-state index in [1.165, 1.54) is 5.56 Å². The molecule has 5 nitrogen and oxygen atoms in total. The van der Waals surface area contributed by atoms with Crippen molar-refractivity contribution in [2.24, 2.45) is 5.92 Å². The van der Waals surface area contributed by atoms with E-state index in [2.05, 4.69) is 27.4 Å². The Balaban J connectivity index is 1.46. The van der Waals surface area contributed by atoms with Crippen molar-refractivity contribution in [1.29, 1.82) is 0 Å². The number of ether oxygens (including phenoxy) is 1. The Kier molecular flexibility index (Phi) is 5.56. The van der Waals surface area contributed by atoms with Crippen LogP contribution in [0.1, 0.15) is 31.2 Å². The molecule has 1 saturated carbocycles. The highest BCUT2D eigenvalue weighted by atomic mass is 16.5. The van der Waals surface area contributed by atoms with Crippen molar-refractivity contribution in [3.63, 3.8) is 0 Å². The lowest BCUT2D eigenvalue weighted by Gasteiger charge is -2.28. The summed E-state index contributed by atoms with van der Waals surface area (Å²) in [7, 11) is 0. The van der Waals surface area contributed by atoms with Crippen LogP contribution in [0.25, 0.3) is 0 Å². The van der Waals surface area contributed by atoms with E-state index in [-0.39, 0.29) is 0 Å². The van der Waals surface area contributed by atoms with Crippen LogP contribution in [0.4, 0.5) is 0 Å². The van der Waals surface area contributed by atoms with Gasteiger partial charge in [-0.15, -0.1) is 0 Å². The van der Waals surface area contributed by atoms with Crippen molar-refractivity contribution < 1.29 is 9.84 Å². The maximum atomic E-state index is 9.18. The number of benzene rings is 1. The average Bonchev–Trinajstić information content (AvgIpc) is 2.62. The number of nitrogens with zero attached hydrogens (tertiary/aromatic N) is 2. The molecule has 2 aromatic rings. The molecule has 0 amide bonds. The second kappa shape index (κ2) is 8.04. The molecule has 5 heteroatoms. The SMILES string of the molecule is OCC1CCC(NCc2ccc(Oc3cnccn3)cc2)CC1. The molecule has 0 radical (unpaired) electrons. The van der Waals surface area contributed by atoms with Crippen LogP contribution in [-0.2, 0) is 6.54 Å². The first-order valence-electron chi connectivity index (χ1n) is 8.20. The van der Waals surface area contributed by atoms with Crippen molar-refractivity contribution in [2.45, 2.75) is 38.3 Å². The summed E-state index contributed by atoms with van der Waals surface area (Å²) < 4.78 is 5.63. The summed E-state index contributed by atoms with van der Waals surface area (Å²) >= 11 is 0. The second-order valence-corrected chi connectivity index (χ2v) is 6.07. The molecule has 2 N–H and O–H groups in total. The van der Waals surface area contributed by atoms with E-state index in [1.54, 1.807) is 18.6 Å². The van der Waals surface area contributed by atoms with Crippen LogP contribution in [0, 0.1) is 5.92 Å². The average molecular weight is 313 g/mol. The van der Waals surface area contributed by atoms with Gasteiger partial charge in [-0.25, -0.2) is 4.98 Å². The van der Waals surface area contributed by atoms with Crippen LogP contribution in [0.2, 0.25) is 0 Å². The molecular weight excluding hydrogens is 290 g/mol. The van der Waals surface area contributed by atoms with Crippen LogP contribution < -0.4 is 10.1 Å². The zero-order valence-corrected chi connectivity index (χ0v) is 13.2. The van der Waals surface area contributed by atoms with Gasteiger partial charge in [0, 0.05) is 31.6 Å². The minimum absolute atomic E-state index is 0.333. The normalized spacial score (nSPS) is 21.1. The van der Waals surface area contributed by atoms with Gasteiger partial charge >= 0.3 is 0 Å². The first-order valence-corrected chi connectivity index (χ1v) is 8.20. The van der Waals surface area contributed by atoms with Crippen molar-refractivity contribution in [3.05, 3.63) is 48.4 Å². The van der Waals surface area contributed by atoms with Crippen LogP contribution in [-0.4, -0.2) is 27.7 Å². The van der Waals surface area contributed by atoms with Gasteiger partial charge < -0.3 is 15.2 Å². The van der Waals surface area contributed by atoms with E-state index >= 15 is 0 Å². The Morgan fingerprint density at radius 3 is 2.52 bits per heavy atom. The third-order valence-corrected chi connectivity index (χ3v) is 4.39. The molecule has 0 saturated heterocycles. The summed E-state index contributed by atoms with van der Waals surface area (Å²) in [4.78, 5) is 8.07. The quantitative estimate of drug-likeness (QED) is 0.858. The number of aliphatic hydroxyl groups is 1. The Labute approximate surface area is 136 Å². The molecule has 3 rings (SSSR count). The first-order chi connectivity index (χ1) is 11.3. The number of hydrogen-bond donors (Lipinski definition) is 2. The molecule has 0 aliphatic heterocycles. The highest BCUT2D eigenvalue weighted by molar-refractivity contribution is 5.29. The molecule has 1 aromatic carbocycles. The van der Waals surface area contributed by atoms with Crippen LogP contribution in [0.3, 0.4) is 0 Å². The fourth-order valence-corrected chi connectivity index (χ4v) is 2.95. The zero-order valence-electron chi connectivity index (χ0n) is 13.2. The van der Waals surface area contributed by atoms with Crippen molar-refractivity contribution in [1.82, 2.24) is 15.3 Å². The highest BCUT2D eigenvalue weighted by Crippen LogP contribution is 2.24. The molecule has 1 heterocycles. The van der Waals surface area contributed by atoms with E-state index < -0.39 is 0 Å². The molecule has 122 valence electrons. The molecule has 1 aliphatic rings. The molecule has 0 bridgehead atoms. The van der Waals surface area contributed by atoms with Gasteiger partial charge in [-0.2, -0.15) is 0 Å². The molecule has 23 heavy (non-hydrogen) atoms. The smallest absolute Gasteiger partial charge is 0.237 e. The molecule has 0 spiro atoms. The number of nitrogens with one attached hydrogen (secondary N) is 1. The molecule has 0 atom stereocenters. The number of rotatable bonds is 6. The van der Waals surface area contributed by atoms with E-state index in [9.17, 15) is 5.11 Å². The van der Waals surface area contributed by atoms with Gasteiger partial charge in [-0.3, -0.25) is 4.98 Å². The number of hydrogen-bond acceptors (Lipinski definition) is 5. The van der Waals surface area contributed by atoms with Crippen LogP contribution in [0.5, 0.6) is 11.6 Å². The molecule has 1 aromatic heterocycles. The summed E-state index contributed by atoms with van der Waals surface area (Å²) in [5, 5.41) is 12.8. The first kappa shape index (κ1) is 15.9. The monoisotopic (exact) mass is 313 g/mol.